The van der Waals surface area contributed by atoms with Gasteiger partial charge in [0.15, 0.2) is 6.61 Å². The fourth-order valence-electron chi connectivity index (χ4n) is 3.41. The van der Waals surface area contributed by atoms with Crippen molar-refractivity contribution in [3.05, 3.63) is 69.7 Å². The van der Waals surface area contributed by atoms with E-state index in [0.29, 0.717) is 22.9 Å². The van der Waals surface area contributed by atoms with E-state index in [4.69, 9.17) is 9.47 Å². The van der Waals surface area contributed by atoms with Crippen LogP contribution in [0, 0.1) is 6.92 Å². The molecule has 11 nitrogen and oxygen atoms in total. The lowest BCUT2D eigenvalue weighted by molar-refractivity contribution is -0.119. The minimum atomic E-state index is -0.839. The van der Waals surface area contributed by atoms with Gasteiger partial charge in [-0.25, -0.2) is 14.5 Å². The molecule has 2 aromatic carbocycles. The third-order valence-electron chi connectivity index (χ3n) is 5.30. The highest BCUT2D eigenvalue weighted by atomic mass is 32.1. The van der Waals surface area contributed by atoms with Crippen LogP contribution in [0.25, 0.3) is 0 Å². The number of hydrogen-bond acceptors (Lipinski definition) is 10. The molecular weight excluding hydrogens is 500 g/mol. The number of rotatable bonds is 9. The predicted octanol–water partition coefficient (Wildman–Crippen LogP) is 3.40. The number of carbonyl (C=O) groups excluding carboxylic acids is 5. The van der Waals surface area contributed by atoms with Crippen molar-refractivity contribution in [1.29, 1.82) is 0 Å². The van der Waals surface area contributed by atoms with Crippen LogP contribution < -0.4 is 10.2 Å². The predicted molar refractivity (Wildman–Crippen MR) is 133 cm³/mol. The third kappa shape index (κ3) is 5.70. The van der Waals surface area contributed by atoms with Crippen LogP contribution in [0.15, 0.2) is 42.5 Å². The minimum Gasteiger partial charge on any atom is -0.462 e. The smallest absolute Gasteiger partial charge is 0.338 e. The normalized spacial score (nSPS) is 12.3. The van der Waals surface area contributed by atoms with Crippen molar-refractivity contribution in [2.24, 2.45) is 0 Å². The largest absolute Gasteiger partial charge is 0.462 e. The fraction of sp³-hybridized carbons (Fsp3) is 0.240. The number of unbranched alkanes of at least 4 members (excludes halogenated alkanes) is 1. The lowest BCUT2D eigenvalue weighted by atomic mass is 10.1. The van der Waals surface area contributed by atoms with Crippen LogP contribution in [0.1, 0.15) is 66.2 Å². The number of fused-ring (bicyclic) bond motifs is 1. The van der Waals surface area contributed by atoms with Crippen molar-refractivity contribution < 1.29 is 33.4 Å². The fourth-order valence-corrected chi connectivity index (χ4v) is 4.10. The van der Waals surface area contributed by atoms with Gasteiger partial charge in [0.2, 0.25) is 5.13 Å². The Bertz CT molecular complexity index is 1380. The second-order valence-corrected chi connectivity index (χ2v) is 9.16. The van der Waals surface area contributed by atoms with E-state index in [-0.39, 0.29) is 21.8 Å². The van der Waals surface area contributed by atoms with Gasteiger partial charge in [0.05, 0.1) is 28.9 Å². The molecule has 1 aliphatic heterocycles. The molecule has 1 N–H and O–H groups in total. The number of esters is 2. The zero-order valence-electron chi connectivity index (χ0n) is 20.0. The van der Waals surface area contributed by atoms with Crippen LogP contribution in [-0.2, 0) is 14.3 Å². The van der Waals surface area contributed by atoms with Crippen molar-refractivity contribution >= 4 is 51.8 Å². The molecular formula is C25H22N4O7S. The van der Waals surface area contributed by atoms with Gasteiger partial charge in [0.25, 0.3) is 17.7 Å². The first-order chi connectivity index (χ1) is 17.8. The molecule has 0 atom stereocenters. The molecule has 0 bridgehead atoms. The molecule has 0 spiro atoms. The SMILES string of the molecule is CCCCOC(=O)c1ccc(NC(=O)COC(=O)c2ccc3c(c2)C(=O)N(c2nnc(C)s2)C3=O)cc1. The number of ether oxygens (including phenoxy) is 2. The van der Waals surface area contributed by atoms with Gasteiger partial charge in [-0.15, -0.1) is 10.2 Å². The summed E-state index contributed by atoms with van der Waals surface area (Å²) in [5.74, 6) is -3.07. The summed E-state index contributed by atoms with van der Waals surface area (Å²) < 4.78 is 10.2. The van der Waals surface area contributed by atoms with Gasteiger partial charge in [-0.2, -0.15) is 0 Å². The van der Waals surface area contributed by atoms with Crippen LogP contribution in [0.4, 0.5) is 10.8 Å². The number of aryl methyl sites for hydroxylation is 1. The number of benzene rings is 2. The van der Waals surface area contributed by atoms with Gasteiger partial charge >= 0.3 is 11.9 Å². The Balaban J connectivity index is 1.33. The highest BCUT2D eigenvalue weighted by molar-refractivity contribution is 7.15. The lowest BCUT2D eigenvalue weighted by Crippen LogP contribution is -2.29. The number of amides is 3. The zero-order valence-corrected chi connectivity index (χ0v) is 20.8. The molecule has 0 unspecified atom stereocenters. The number of anilines is 2. The Labute approximate surface area is 215 Å². The summed E-state index contributed by atoms with van der Waals surface area (Å²) in [5.41, 5.74) is 0.925. The number of hydrogen-bond donors (Lipinski definition) is 1. The summed E-state index contributed by atoms with van der Waals surface area (Å²) in [4.78, 5) is 63.0. The number of imide groups is 1. The number of carbonyl (C=O) groups is 5. The second kappa shape index (κ2) is 11.1. The summed E-state index contributed by atoms with van der Waals surface area (Å²) in [6.45, 7) is 3.45. The Morgan fingerprint density at radius 1 is 0.919 bits per heavy atom. The molecule has 3 amide bonds. The van der Waals surface area contributed by atoms with Crippen LogP contribution in [0.2, 0.25) is 0 Å². The maximum atomic E-state index is 12.8. The molecule has 37 heavy (non-hydrogen) atoms. The van der Waals surface area contributed by atoms with E-state index in [1.165, 1.54) is 42.5 Å². The number of nitrogens with zero attached hydrogens (tertiary/aromatic N) is 3. The first-order valence-electron chi connectivity index (χ1n) is 11.4. The van der Waals surface area contributed by atoms with E-state index in [1.807, 2.05) is 6.92 Å². The van der Waals surface area contributed by atoms with Crippen LogP contribution >= 0.6 is 11.3 Å². The molecule has 2 heterocycles. The Morgan fingerprint density at radius 3 is 2.27 bits per heavy atom. The summed E-state index contributed by atoms with van der Waals surface area (Å²) in [7, 11) is 0. The minimum absolute atomic E-state index is 0.00827. The zero-order chi connectivity index (χ0) is 26.5. The van der Waals surface area contributed by atoms with Crippen LogP contribution in [-0.4, -0.2) is 53.1 Å². The Morgan fingerprint density at radius 2 is 1.59 bits per heavy atom. The van der Waals surface area contributed by atoms with Crippen LogP contribution in [0.5, 0.6) is 0 Å². The molecule has 0 aliphatic carbocycles. The highest BCUT2D eigenvalue weighted by Crippen LogP contribution is 2.31. The average molecular weight is 523 g/mol. The summed E-state index contributed by atoms with van der Waals surface area (Å²) in [6.07, 6.45) is 1.69. The molecule has 0 saturated heterocycles. The molecule has 1 aromatic heterocycles. The molecule has 0 fully saturated rings. The lowest BCUT2D eigenvalue weighted by Gasteiger charge is -2.08. The molecule has 12 heteroatoms. The highest BCUT2D eigenvalue weighted by Gasteiger charge is 2.39. The summed E-state index contributed by atoms with van der Waals surface area (Å²) in [6, 6.07) is 10.1. The summed E-state index contributed by atoms with van der Waals surface area (Å²) >= 11 is 1.09. The van der Waals surface area contributed by atoms with Crippen LogP contribution in [0.3, 0.4) is 0 Å². The van der Waals surface area contributed by atoms with Gasteiger partial charge in [-0.1, -0.05) is 24.7 Å². The Kier molecular flexibility index (Phi) is 7.68. The van der Waals surface area contributed by atoms with Gasteiger partial charge in [0.1, 0.15) is 5.01 Å². The first-order valence-corrected chi connectivity index (χ1v) is 12.2. The molecule has 3 aromatic rings. The van der Waals surface area contributed by atoms with Crippen molar-refractivity contribution in [2.75, 3.05) is 23.4 Å². The second-order valence-electron chi connectivity index (χ2n) is 8.00. The van der Waals surface area contributed by atoms with E-state index >= 15 is 0 Å². The van der Waals surface area contributed by atoms with E-state index in [0.717, 1.165) is 29.1 Å². The first kappa shape index (κ1) is 25.6. The van der Waals surface area contributed by atoms with E-state index in [9.17, 15) is 24.0 Å². The topological polar surface area (TPSA) is 145 Å². The third-order valence-corrected chi connectivity index (χ3v) is 6.12. The standard InChI is InChI=1S/C25H22N4O7S/c1-3-4-11-35-23(33)15-5-8-17(9-6-15)26-20(30)13-36-24(34)16-7-10-18-19(12-16)22(32)29(21(18)31)25-28-27-14(2)37-25/h5-10,12H,3-4,11,13H2,1-2H3,(H,26,30). The number of nitrogens with one attached hydrogen (secondary N) is 1. The molecule has 0 radical (unpaired) electrons. The molecule has 1 aliphatic rings. The van der Waals surface area contributed by atoms with Gasteiger partial charge in [-0.3, -0.25) is 14.4 Å². The van der Waals surface area contributed by atoms with Crippen molar-refractivity contribution in [2.45, 2.75) is 26.7 Å². The summed E-state index contributed by atoms with van der Waals surface area (Å²) in [5, 5.41) is 11.0. The number of aromatic nitrogens is 2. The van der Waals surface area contributed by atoms with E-state index < -0.39 is 36.3 Å². The molecule has 4 rings (SSSR count). The maximum absolute atomic E-state index is 12.8. The van der Waals surface area contributed by atoms with Gasteiger partial charge in [-0.05, 0) is 55.8 Å². The van der Waals surface area contributed by atoms with Crippen molar-refractivity contribution in [3.63, 3.8) is 0 Å². The maximum Gasteiger partial charge on any atom is 0.338 e. The van der Waals surface area contributed by atoms with E-state index in [1.54, 1.807) is 6.92 Å². The van der Waals surface area contributed by atoms with E-state index in [2.05, 4.69) is 15.5 Å². The van der Waals surface area contributed by atoms with Gasteiger partial charge in [0, 0.05) is 5.69 Å². The molecule has 190 valence electrons. The van der Waals surface area contributed by atoms with Crippen molar-refractivity contribution in [1.82, 2.24) is 10.2 Å². The average Bonchev–Trinajstić information content (AvgIpc) is 3.42. The monoisotopic (exact) mass is 522 g/mol. The Hall–Kier alpha value is -4.45. The quantitative estimate of drug-likeness (QED) is 0.254. The van der Waals surface area contributed by atoms with Gasteiger partial charge < -0.3 is 14.8 Å². The molecule has 0 saturated carbocycles. The van der Waals surface area contributed by atoms with Crippen molar-refractivity contribution in [3.8, 4) is 0 Å².